The molecule has 6 nitrogen and oxygen atoms in total. The van der Waals surface area contributed by atoms with Gasteiger partial charge in [0, 0.05) is 18.5 Å². The Morgan fingerprint density at radius 3 is 2.53 bits per heavy atom. The van der Waals surface area contributed by atoms with E-state index in [0.29, 0.717) is 5.56 Å². The molecule has 1 atom stereocenters. The van der Waals surface area contributed by atoms with Crippen LogP contribution < -0.4 is 29.3 Å². The molecular weight excluding hydrogens is 445 g/mol. The van der Waals surface area contributed by atoms with E-state index in [-0.39, 0.29) is 31.7 Å². The maximum Gasteiger partial charge on any atom is 1.00 e. The van der Waals surface area contributed by atoms with Crippen LogP contribution in [-0.2, 0) is 11.3 Å². The molecule has 186 valence electrons. The number of carboxylic acids is 1. The summed E-state index contributed by atoms with van der Waals surface area (Å²) in [4.78, 5) is 27.0. The van der Waals surface area contributed by atoms with Crippen molar-refractivity contribution in [1.29, 1.82) is 5.26 Å². The zero-order chi connectivity index (χ0) is 25.2. The fraction of sp³-hybridized carbons (Fsp3) is 0.483. The minimum atomic E-state index is -1.39. The van der Waals surface area contributed by atoms with Crippen molar-refractivity contribution in [2.75, 3.05) is 13.6 Å². The number of carbonyl (C=O) groups excluding carboxylic acids is 2. The number of benzene rings is 2. The maximum atomic E-state index is 13.1. The van der Waals surface area contributed by atoms with Gasteiger partial charge in [0.15, 0.2) is 0 Å². The third-order valence-corrected chi connectivity index (χ3v) is 6.99. The van der Waals surface area contributed by atoms with Crippen LogP contribution in [0, 0.1) is 24.2 Å². The van der Waals surface area contributed by atoms with Gasteiger partial charge in [-0.15, -0.1) is 0 Å². The van der Waals surface area contributed by atoms with Crippen molar-refractivity contribution in [3.05, 3.63) is 59.2 Å². The molecule has 1 fully saturated rings. The molecule has 1 unspecified atom stereocenters. The summed E-state index contributed by atoms with van der Waals surface area (Å²) in [5.41, 5.74) is 4.26. The average molecular weight is 482 g/mol. The van der Waals surface area contributed by atoms with E-state index in [2.05, 4.69) is 17.3 Å². The van der Waals surface area contributed by atoms with Gasteiger partial charge in [-0.05, 0) is 73.7 Å². The van der Waals surface area contributed by atoms with E-state index in [1.54, 1.807) is 6.07 Å². The molecule has 0 bridgehead atoms. The Bertz CT molecular complexity index is 1060. The number of hydrogen-bond donors (Lipinski definition) is 1. The Morgan fingerprint density at radius 2 is 1.86 bits per heavy atom. The Hall–Kier alpha value is -2.57. The maximum absolute atomic E-state index is 13.1. The van der Waals surface area contributed by atoms with E-state index >= 15 is 0 Å². The van der Waals surface area contributed by atoms with Gasteiger partial charge in [-0.1, -0.05) is 62.4 Å². The van der Waals surface area contributed by atoms with E-state index in [0.717, 1.165) is 41.3 Å². The van der Waals surface area contributed by atoms with Crippen molar-refractivity contribution in [2.45, 2.75) is 70.9 Å². The summed E-state index contributed by atoms with van der Waals surface area (Å²) in [6, 6.07) is 14.3. The minimum absolute atomic E-state index is 0. The van der Waals surface area contributed by atoms with Gasteiger partial charge in [0.05, 0.1) is 18.1 Å². The molecule has 1 aliphatic rings. The van der Waals surface area contributed by atoms with Gasteiger partial charge in [0.2, 0.25) is 0 Å². The summed E-state index contributed by atoms with van der Waals surface area (Å²) in [7, 11) is 2.14. The van der Waals surface area contributed by atoms with Gasteiger partial charge in [-0.25, -0.2) is 0 Å². The Labute approximate surface area is 227 Å². The molecule has 3 rings (SSSR count). The molecule has 0 heterocycles. The van der Waals surface area contributed by atoms with E-state index in [4.69, 9.17) is 5.26 Å². The number of carbonyl (C=O) groups is 2. The SMILES string of the molecule is Cc1ccccc1-c1cc(CN(C)CCC2CCCCC2)ccc1C(=O)NC(CCC#N)C(=O)[O-].[Li+]. The molecule has 1 saturated carbocycles. The summed E-state index contributed by atoms with van der Waals surface area (Å²) in [5.74, 6) is -1.03. The van der Waals surface area contributed by atoms with Crippen molar-refractivity contribution in [3.63, 3.8) is 0 Å². The Morgan fingerprint density at radius 1 is 1.14 bits per heavy atom. The summed E-state index contributed by atoms with van der Waals surface area (Å²) in [6.45, 7) is 3.81. The van der Waals surface area contributed by atoms with Crippen molar-refractivity contribution in [1.82, 2.24) is 10.2 Å². The van der Waals surface area contributed by atoms with Crippen molar-refractivity contribution < 1.29 is 33.6 Å². The second-order valence-electron chi connectivity index (χ2n) is 9.77. The van der Waals surface area contributed by atoms with Crippen LogP contribution in [0.15, 0.2) is 42.5 Å². The molecule has 0 spiro atoms. The fourth-order valence-electron chi connectivity index (χ4n) is 4.95. The van der Waals surface area contributed by atoms with Crippen molar-refractivity contribution >= 4 is 11.9 Å². The predicted molar refractivity (Wildman–Crippen MR) is 135 cm³/mol. The topological polar surface area (TPSA) is 96.3 Å². The van der Waals surface area contributed by atoms with Crippen LogP contribution in [0.2, 0.25) is 0 Å². The summed E-state index contributed by atoms with van der Waals surface area (Å²) < 4.78 is 0. The molecule has 2 aromatic rings. The molecular formula is C29H36LiN3O3. The largest absolute Gasteiger partial charge is 1.00 e. The quantitative estimate of drug-likeness (QED) is 0.487. The van der Waals surface area contributed by atoms with Crippen LogP contribution in [0.4, 0.5) is 0 Å². The summed E-state index contributed by atoms with van der Waals surface area (Å²) >= 11 is 0. The second kappa shape index (κ2) is 14.9. The first-order chi connectivity index (χ1) is 16.9. The first kappa shape index (κ1) is 29.7. The fourth-order valence-corrected chi connectivity index (χ4v) is 4.95. The van der Waals surface area contributed by atoms with Gasteiger partial charge in [0.1, 0.15) is 0 Å². The third kappa shape index (κ3) is 8.52. The number of aryl methyl sites for hydroxylation is 1. The number of nitriles is 1. The van der Waals surface area contributed by atoms with Crippen LogP contribution in [0.25, 0.3) is 11.1 Å². The van der Waals surface area contributed by atoms with E-state index in [1.807, 2.05) is 49.4 Å². The molecule has 1 aliphatic carbocycles. The van der Waals surface area contributed by atoms with Gasteiger partial charge in [-0.3, -0.25) is 4.79 Å². The number of rotatable bonds is 11. The first-order valence-electron chi connectivity index (χ1n) is 12.6. The standard InChI is InChI=1S/C29H37N3O3.Li/c1-21-9-6-7-12-24(21)26-19-23(20-32(2)18-16-22-10-4-3-5-11-22)14-15-25(26)28(33)31-27(29(34)35)13-8-17-30;/h6-7,9,12,14-15,19,22,27H,3-5,8,10-11,13,16,18,20H2,1-2H3,(H,31,33)(H,34,35);/q;+1/p-1. The molecule has 1 amide bonds. The van der Waals surface area contributed by atoms with E-state index in [1.165, 1.54) is 38.5 Å². The molecule has 7 heteroatoms. The molecule has 0 aliphatic heterocycles. The summed E-state index contributed by atoms with van der Waals surface area (Å²) in [6.07, 6.45) is 8.02. The van der Waals surface area contributed by atoms with Gasteiger partial charge < -0.3 is 20.1 Å². The number of hydrogen-bond acceptors (Lipinski definition) is 5. The number of nitrogens with one attached hydrogen (secondary N) is 1. The van der Waals surface area contributed by atoms with Crippen molar-refractivity contribution in [2.24, 2.45) is 5.92 Å². The normalized spacial score (nSPS) is 14.5. The van der Waals surface area contributed by atoms with Gasteiger partial charge in [-0.2, -0.15) is 5.26 Å². The smallest absolute Gasteiger partial charge is 0.548 e. The molecule has 2 aromatic carbocycles. The number of carboxylic acid groups (broad SMARTS) is 1. The average Bonchev–Trinajstić information content (AvgIpc) is 2.86. The molecule has 0 radical (unpaired) electrons. The minimum Gasteiger partial charge on any atom is -0.548 e. The summed E-state index contributed by atoms with van der Waals surface area (Å²) in [5, 5.41) is 22.8. The monoisotopic (exact) mass is 481 g/mol. The molecule has 0 aromatic heterocycles. The predicted octanol–water partition coefficient (Wildman–Crippen LogP) is 1.22. The third-order valence-electron chi connectivity index (χ3n) is 6.99. The Balaban J connectivity index is 0.00000456. The van der Waals surface area contributed by atoms with Crippen LogP contribution in [0.3, 0.4) is 0 Å². The van der Waals surface area contributed by atoms with E-state index in [9.17, 15) is 14.7 Å². The van der Waals surface area contributed by atoms with Gasteiger partial charge in [0.25, 0.3) is 5.91 Å². The molecule has 36 heavy (non-hydrogen) atoms. The first-order valence-corrected chi connectivity index (χ1v) is 12.6. The Kier molecular flexibility index (Phi) is 12.2. The molecule has 1 N–H and O–H groups in total. The van der Waals surface area contributed by atoms with Crippen molar-refractivity contribution in [3.8, 4) is 17.2 Å². The molecule has 0 saturated heterocycles. The number of amides is 1. The van der Waals surface area contributed by atoms with Crippen LogP contribution in [0.1, 0.15) is 72.9 Å². The zero-order valence-corrected chi connectivity index (χ0v) is 21.9. The number of nitrogens with zero attached hydrogens (tertiary/aromatic N) is 2. The second-order valence-corrected chi connectivity index (χ2v) is 9.77. The zero-order valence-electron chi connectivity index (χ0n) is 21.9. The van der Waals surface area contributed by atoms with Gasteiger partial charge >= 0.3 is 18.9 Å². The number of aliphatic carboxylic acids is 1. The van der Waals surface area contributed by atoms with Crippen LogP contribution in [0.5, 0.6) is 0 Å². The van der Waals surface area contributed by atoms with Crippen LogP contribution in [-0.4, -0.2) is 36.4 Å². The van der Waals surface area contributed by atoms with Crippen LogP contribution >= 0.6 is 0 Å². The van der Waals surface area contributed by atoms with E-state index < -0.39 is 17.9 Å².